The van der Waals surface area contributed by atoms with Crippen molar-refractivity contribution < 1.29 is 9.13 Å². The largest absolute Gasteiger partial charge is 0.497 e. The molecule has 1 aromatic heterocycles. The van der Waals surface area contributed by atoms with Crippen molar-refractivity contribution in [2.45, 2.75) is 26.4 Å². The summed E-state index contributed by atoms with van der Waals surface area (Å²) in [7, 11) is 1.49. The fourth-order valence-electron chi connectivity index (χ4n) is 1.91. The Bertz CT molecular complexity index is 629. The summed E-state index contributed by atoms with van der Waals surface area (Å²) in [4.78, 5) is 12.0. The minimum absolute atomic E-state index is 0.0921. The van der Waals surface area contributed by atoms with Gasteiger partial charge in [0.15, 0.2) is 0 Å². The highest BCUT2D eigenvalue weighted by Crippen LogP contribution is 2.16. The lowest BCUT2D eigenvalue weighted by Crippen LogP contribution is -2.25. The maximum atomic E-state index is 13.8. The van der Waals surface area contributed by atoms with Crippen molar-refractivity contribution in [1.82, 2.24) is 9.13 Å². The number of ether oxygens (including phenoxy) is 1. The molecule has 0 saturated heterocycles. The van der Waals surface area contributed by atoms with E-state index in [0.29, 0.717) is 11.3 Å². The fraction of sp³-hybridized carbons (Fsp3) is 0.357. The molecule has 0 aliphatic rings. The van der Waals surface area contributed by atoms with E-state index in [-0.39, 0.29) is 24.1 Å². The minimum atomic E-state index is -0.372. The molecule has 1 heterocycles. The number of halogens is 1. The zero-order valence-electron chi connectivity index (χ0n) is 11.3. The Morgan fingerprint density at radius 2 is 2.05 bits per heavy atom. The van der Waals surface area contributed by atoms with E-state index in [1.165, 1.54) is 17.7 Å². The number of aromatic nitrogens is 2. The molecular formula is C14H17FN2O2. The molecule has 0 fully saturated rings. The Balaban J connectivity index is 2.29. The lowest BCUT2D eigenvalue weighted by molar-refractivity contribution is 0.410. The van der Waals surface area contributed by atoms with Crippen LogP contribution in [0.1, 0.15) is 25.5 Å². The molecule has 5 heteroatoms. The topological polar surface area (TPSA) is 36.2 Å². The monoisotopic (exact) mass is 264 g/mol. The number of benzene rings is 1. The maximum Gasteiger partial charge on any atom is 0.328 e. The second kappa shape index (κ2) is 5.30. The maximum absolute atomic E-state index is 13.8. The minimum Gasteiger partial charge on any atom is -0.497 e. The Morgan fingerprint density at radius 1 is 1.32 bits per heavy atom. The van der Waals surface area contributed by atoms with Crippen LogP contribution in [0.4, 0.5) is 4.39 Å². The van der Waals surface area contributed by atoms with Gasteiger partial charge in [0, 0.05) is 30.1 Å². The molecule has 102 valence electrons. The van der Waals surface area contributed by atoms with Gasteiger partial charge in [0.05, 0.1) is 13.7 Å². The van der Waals surface area contributed by atoms with Gasteiger partial charge < -0.3 is 4.74 Å². The highest BCUT2D eigenvalue weighted by atomic mass is 19.1. The van der Waals surface area contributed by atoms with Gasteiger partial charge in [-0.2, -0.15) is 0 Å². The molecule has 4 nitrogen and oxygen atoms in total. The third kappa shape index (κ3) is 2.70. The number of hydrogen-bond acceptors (Lipinski definition) is 2. The molecule has 0 aliphatic carbocycles. The van der Waals surface area contributed by atoms with Gasteiger partial charge in [-0.05, 0) is 19.9 Å². The van der Waals surface area contributed by atoms with Crippen molar-refractivity contribution in [3.05, 3.63) is 52.5 Å². The SMILES string of the molecule is COc1ccc(Cn2ccn(C(C)C)c2=O)c(F)c1. The van der Waals surface area contributed by atoms with Gasteiger partial charge in [0.1, 0.15) is 11.6 Å². The first-order valence-electron chi connectivity index (χ1n) is 6.12. The molecule has 0 unspecified atom stereocenters. The average Bonchev–Trinajstić information content (AvgIpc) is 2.73. The van der Waals surface area contributed by atoms with E-state index in [0.717, 1.165) is 0 Å². The third-order valence-electron chi connectivity index (χ3n) is 3.03. The molecule has 0 aliphatic heterocycles. The zero-order valence-corrected chi connectivity index (χ0v) is 11.3. The van der Waals surface area contributed by atoms with E-state index in [2.05, 4.69) is 0 Å². The lowest BCUT2D eigenvalue weighted by atomic mass is 10.2. The summed E-state index contributed by atoms with van der Waals surface area (Å²) in [5, 5.41) is 0. The van der Waals surface area contributed by atoms with E-state index < -0.39 is 0 Å². The molecule has 2 rings (SSSR count). The van der Waals surface area contributed by atoms with Gasteiger partial charge in [-0.3, -0.25) is 9.13 Å². The molecule has 0 atom stereocenters. The number of rotatable bonds is 4. The van der Waals surface area contributed by atoms with Crippen molar-refractivity contribution in [3.8, 4) is 5.75 Å². The third-order valence-corrected chi connectivity index (χ3v) is 3.03. The molecule has 2 aromatic rings. The van der Waals surface area contributed by atoms with E-state index >= 15 is 0 Å². The van der Waals surface area contributed by atoms with E-state index in [1.54, 1.807) is 29.1 Å². The predicted octanol–water partition coefficient (Wildman–Crippen LogP) is 2.43. The molecule has 19 heavy (non-hydrogen) atoms. The molecule has 0 saturated carbocycles. The Morgan fingerprint density at radius 3 is 2.58 bits per heavy atom. The van der Waals surface area contributed by atoms with Crippen molar-refractivity contribution in [2.24, 2.45) is 0 Å². The Hall–Kier alpha value is -2.04. The first kappa shape index (κ1) is 13.4. The first-order valence-corrected chi connectivity index (χ1v) is 6.12. The van der Waals surface area contributed by atoms with Crippen molar-refractivity contribution >= 4 is 0 Å². The molecule has 0 bridgehead atoms. The van der Waals surface area contributed by atoms with Gasteiger partial charge in [-0.15, -0.1) is 0 Å². The summed E-state index contributed by atoms with van der Waals surface area (Å²) >= 11 is 0. The second-order valence-corrected chi connectivity index (χ2v) is 4.67. The van der Waals surface area contributed by atoms with Crippen LogP contribution in [0.2, 0.25) is 0 Å². The number of imidazole rings is 1. The van der Waals surface area contributed by atoms with Crippen molar-refractivity contribution in [1.29, 1.82) is 0 Å². The molecule has 0 spiro atoms. The van der Waals surface area contributed by atoms with Crippen LogP contribution in [0.5, 0.6) is 5.75 Å². The highest BCUT2D eigenvalue weighted by Gasteiger charge is 2.09. The van der Waals surface area contributed by atoms with Gasteiger partial charge in [-0.1, -0.05) is 6.07 Å². The van der Waals surface area contributed by atoms with Gasteiger partial charge in [0.25, 0.3) is 0 Å². The molecule has 1 aromatic carbocycles. The number of hydrogen-bond donors (Lipinski definition) is 0. The smallest absolute Gasteiger partial charge is 0.328 e. The van der Waals surface area contributed by atoms with Crippen LogP contribution < -0.4 is 10.4 Å². The molecule has 0 N–H and O–H groups in total. The van der Waals surface area contributed by atoms with Crippen LogP contribution in [0.3, 0.4) is 0 Å². The van der Waals surface area contributed by atoms with Gasteiger partial charge in [-0.25, -0.2) is 9.18 Å². The van der Waals surface area contributed by atoms with Crippen LogP contribution >= 0.6 is 0 Å². The van der Waals surface area contributed by atoms with E-state index in [1.807, 2.05) is 13.8 Å². The predicted molar refractivity (Wildman–Crippen MR) is 71.1 cm³/mol. The first-order chi connectivity index (χ1) is 9.02. The summed E-state index contributed by atoms with van der Waals surface area (Å²) in [5.41, 5.74) is 0.328. The lowest BCUT2D eigenvalue weighted by Gasteiger charge is -2.07. The summed E-state index contributed by atoms with van der Waals surface area (Å²) in [6, 6.07) is 4.73. The van der Waals surface area contributed by atoms with Crippen LogP contribution in [-0.4, -0.2) is 16.2 Å². The van der Waals surface area contributed by atoms with Gasteiger partial charge in [0.2, 0.25) is 0 Å². The van der Waals surface area contributed by atoms with Crippen LogP contribution in [-0.2, 0) is 6.54 Å². The van der Waals surface area contributed by atoms with Crippen LogP contribution in [0.15, 0.2) is 35.4 Å². The van der Waals surface area contributed by atoms with Crippen molar-refractivity contribution in [2.75, 3.05) is 7.11 Å². The summed E-state index contributed by atoms with van der Waals surface area (Å²) in [5.74, 6) is 0.0943. The summed E-state index contributed by atoms with van der Waals surface area (Å²) in [6.07, 6.45) is 3.39. The Labute approximate surface area is 111 Å². The van der Waals surface area contributed by atoms with Crippen molar-refractivity contribution in [3.63, 3.8) is 0 Å². The van der Waals surface area contributed by atoms with Crippen LogP contribution in [0, 0.1) is 5.82 Å². The summed E-state index contributed by atoms with van der Waals surface area (Å²) < 4.78 is 21.9. The number of methoxy groups -OCH3 is 1. The Kier molecular flexibility index (Phi) is 3.74. The highest BCUT2D eigenvalue weighted by molar-refractivity contribution is 5.29. The summed E-state index contributed by atoms with van der Waals surface area (Å²) in [6.45, 7) is 4.08. The molecular weight excluding hydrogens is 247 g/mol. The fourth-order valence-corrected chi connectivity index (χ4v) is 1.91. The molecule has 0 amide bonds. The molecule has 0 radical (unpaired) electrons. The standard InChI is InChI=1S/C14H17FN2O2/c1-10(2)17-7-6-16(14(17)18)9-11-4-5-12(19-3)8-13(11)15/h4-8,10H,9H2,1-3H3. The van der Waals surface area contributed by atoms with Crippen LogP contribution in [0.25, 0.3) is 0 Å². The number of nitrogens with zero attached hydrogens (tertiary/aromatic N) is 2. The zero-order chi connectivity index (χ0) is 14.0. The van der Waals surface area contributed by atoms with E-state index in [9.17, 15) is 9.18 Å². The second-order valence-electron chi connectivity index (χ2n) is 4.67. The quantitative estimate of drug-likeness (QED) is 0.850. The average molecular weight is 264 g/mol. The van der Waals surface area contributed by atoms with Gasteiger partial charge >= 0.3 is 5.69 Å². The normalized spacial score (nSPS) is 11.0. The van der Waals surface area contributed by atoms with E-state index in [4.69, 9.17) is 4.74 Å².